The van der Waals surface area contributed by atoms with E-state index in [9.17, 15) is 0 Å². The first-order valence-corrected chi connectivity index (χ1v) is 11.5. The predicted molar refractivity (Wildman–Crippen MR) is 130 cm³/mol. The SMILES string of the molecule is CC1(C)OB(C2C=CC(F)=C(c3nc(-c4ccccc4)nc(C4C#CC#CC4)n3)C2)OC1(C)C. The van der Waals surface area contributed by atoms with E-state index < -0.39 is 18.3 Å². The van der Waals surface area contributed by atoms with Gasteiger partial charge in [-0.25, -0.2) is 19.3 Å². The number of nitrogens with zero attached hydrogens (tertiary/aromatic N) is 3. The van der Waals surface area contributed by atoms with Crippen molar-refractivity contribution in [1.29, 1.82) is 0 Å². The summed E-state index contributed by atoms with van der Waals surface area (Å²) in [5.74, 6) is 12.2. The van der Waals surface area contributed by atoms with Gasteiger partial charge in [0.15, 0.2) is 11.6 Å². The van der Waals surface area contributed by atoms with E-state index in [1.54, 1.807) is 0 Å². The van der Waals surface area contributed by atoms with Crippen molar-refractivity contribution in [2.24, 2.45) is 0 Å². The van der Waals surface area contributed by atoms with Crippen molar-refractivity contribution in [3.8, 4) is 35.1 Å². The van der Waals surface area contributed by atoms with Crippen molar-refractivity contribution in [2.45, 2.75) is 63.5 Å². The summed E-state index contributed by atoms with van der Waals surface area (Å²) in [5.41, 5.74) is 0.315. The Morgan fingerprint density at radius 3 is 2.35 bits per heavy atom. The molecule has 5 nitrogen and oxygen atoms in total. The van der Waals surface area contributed by atoms with Crippen molar-refractivity contribution in [2.75, 3.05) is 0 Å². The lowest BCUT2D eigenvalue weighted by Crippen LogP contribution is -2.41. The van der Waals surface area contributed by atoms with E-state index in [2.05, 4.69) is 38.6 Å². The Bertz CT molecular complexity index is 1300. The van der Waals surface area contributed by atoms with Gasteiger partial charge in [-0.1, -0.05) is 48.2 Å². The fourth-order valence-electron chi connectivity index (χ4n) is 4.09. The zero-order valence-electron chi connectivity index (χ0n) is 19.7. The van der Waals surface area contributed by atoms with Gasteiger partial charge in [-0.3, -0.25) is 0 Å². The van der Waals surface area contributed by atoms with Crippen LogP contribution in [0.4, 0.5) is 4.39 Å². The molecule has 1 aromatic heterocycles. The summed E-state index contributed by atoms with van der Waals surface area (Å²) < 4.78 is 27.6. The molecule has 1 aliphatic heterocycles. The van der Waals surface area contributed by atoms with Gasteiger partial charge in [0.1, 0.15) is 11.7 Å². The maximum Gasteiger partial charge on any atom is 0.465 e. The highest BCUT2D eigenvalue weighted by Gasteiger charge is 2.53. The van der Waals surface area contributed by atoms with Gasteiger partial charge in [0.25, 0.3) is 0 Å². The average Bonchev–Trinajstić information content (AvgIpc) is 3.07. The number of rotatable bonds is 4. The zero-order chi connectivity index (χ0) is 23.9. The molecule has 170 valence electrons. The predicted octanol–water partition coefficient (Wildman–Crippen LogP) is 5.14. The summed E-state index contributed by atoms with van der Waals surface area (Å²) in [6.07, 6.45) is 4.16. The molecule has 0 amide bonds. The molecule has 3 aliphatic rings. The van der Waals surface area contributed by atoms with E-state index in [0.717, 1.165) is 5.56 Å². The lowest BCUT2D eigenvalue weighted by Gasteiger charge is -2.32. The molecule has 34 heavy (non-hydrogen) atoms. The standard InChI is InChI=1S/C27H25BFN3O2/c1-26(2)27(3,4)34-28(33-26)20-15-16-22(29)21(17-20)25-31-23(18-11-7-5-8-12-18)30-24(32-25)19-13-9-6-10-14-19/h5,7-8,11-12,15-16,19-20H,13,17H2,1-4H3. The Morgan fingerprint density at radius 1 is 0.971 bits per heavy atom. The fourth-order valence-corrected chi connectivity index (χ4v) is 4.09. The van der Waals surface area contributed by atoms with Gasteiger partial charge in [0.2, 0.25) is 0 Å². The van der Waals surface area contributed by atoms with Gasteiger partial charge in [-0.05, 0) is 52.0 Å². The summed E-state index contributed by atoms with van der Waals surface area (Å²) >= 11 is 0. The van der Waals surface area contributed by atoms with Crippen LogP contribution in [0, 0.1) is 23.7 Å². The second-order valence-corrected chi connectivity index (χ2v) is 9.71. The minimum absolute atomic E-state index is 0.170. The number of halogens is 1. The molecular formula is C27H25BFN3O2. The van der Waals surface area contributed by atoms with Crippen molar-refractivity contribution < 1.29 is 13.7 Å². The Kier molecular flexibility index (Phi) is 5.64. The van der Waals surface area contributed by atoms with E-state index in [4.69, 9.17) is 9.31 Å². The molecule has 0 spiro atoms. The molecule has 1 saturated heterocycles. The monoisotopic (exact) mass is 453 g/mol. The van der Waals surface area contributed by atoms with Crippen LogP contribution in [-0.2, 0) is 9.31 Å². The van der Waals surface area contributed by atoms with Gasteiger partial charge < -0.3 is 9.31 Å². The zero-order valence-corrected chi connectivity index (χ0v) is 19.7. The minimum atomic E-state index is -0.487. The normalized spacial score (nSPS) is 24.3. The highest BCUT2D eigenvalue weighted by Crippen LogP contribution is 2.44. The molecule has 2 atom stereocenters. The minimum Gasteiger partial charge on any atom is -0.403 e. The number of hydrogen-bond donors (Lipinski definition) is 0. The molecule has 2 heterocycles. The van der Waals surface area contributed by atoms with Gasteiger partial charge in [0.05, 0.1) is 17.1 Å². The summed E-state index contributed by atoms with van der Waals surface area (Å²) in [4.78, 5) is 14.0. The fraction of sp³-hybridized carbons (Fsp3) is 0.370. The first kappa shape index (κ1) is 22.5. The van der Waals surface area contributed by atoms with Crippen molar-refractivity contribution >= 4 is 12.7 Å². The van der Waals surface area contributed by atoms with Crippen molar-refractivity contribution in [1.82, 2.24) is 15.0 Å². The molecule has 0 bridgehead atoms. The van der Waals surface area contributed by atoms with Crippen molar-refractivity contribution in [3.05, 3.63) is 60.0 Å². The van der Waals surface area contributed by atoms with E-state index in [-0.39, 0.29) is 17.6 Å². The highest BCUT2D eigenvalue weighted by molar-refractivity contribution is 6.48. The molecule has 2 aromatic rings. The Balaban J connectivity index is 1.52. The number of allylic oxidation sites excluding steroid dienone is 4. The Labute approximate surface area is 200 Å². The summed E-state index contributed by atoms with van der Waals surface area (Å²) in [6, 6.07) is 9.61. The van der Waals surface area contributed by atoms with E-state index in [1.165, 1.54) is 6.08 Å². The van der Waals surface area contributed by atoms with Gasteiger partial charge in [-0.2, -0.15) is 0 Å². The molecular weight excluding hydrogens is 428 g/mol. The highest BCUT2D eigenvalue weighted by atomic mass is 19.1. The van der Waals surface area contributed by atoms with Crippen LogP contribution in [0.2, 0.25) is 5.82 Å². The van der Waals surface area contributed by atoms with Crippen LogP contribution < -0.4 is 0 Å². The quantitative estimate of drug-likeness (QED) is 0.474. The van der Waals surface area contributed by atoms with E-state index in [0.29, 0.717) is 35.9 Å². The number of aromatic nitrogens is 3. The number of benzene rings is 1. The third-order valence-corrected chi connectivity index (χ3v) is 6.81. The third kappa shape index (κ3) is 4.18. The molecule has 0 radical (unpaired) electrons. The van der Waals surface area contributed by atoms with Crippen LogP contribution >= 0.6 is 0 Å². The molecule has 5 rings (SSSR count). The maximum atomic E-state index is 15.2. The molecule has 2 aliphatic carbocycles. The van der Waals surface area contributed by atoms with Gasteiger partial charge in [-0.15, -0.1) is 0 Å². The van der Waals surface area contributed by atoms with Crippen LogP contribution in [-0.4, -0.2) is 33.3 Å². The second kappa shape index (κ2) is 8.51. The maximum absolute atomic E-state index is 15.2. The Morgan fingerprint density at radius 2 is 1.68 bits per heavy atom. The third-order valence-electron chi connectivity index (χ3n) is 6.81. The van der Waals surface area contributed by atoms with E-state index in [1.807, 2.05) is 64.1 Å². The topological polar surface area (TPSA) is 57.1 Å². The molecule has 0 saturated carbocycles. The molecule has 2 unspecified atom stereocenters. The molecule has 7 heteroatoms. The molecule has 1 aromatic carbocycles. The first-order chi connectivity index (χ1) is 16.2. The summed E-state index contributed by atoms with van der Waals surface area (Å²) in [7, 11) is -0.487. The van der Waals surface area contributed by atoms with Crippen LogP contribution in [0.1, 0.15) is 58.1 Å². The molecule has 1 fully saturated rings. The lowest BCUT2D eigenvalue weighted by molar-refractivity contribution is 0.00578. The molecule has 0 N–H and O–H groups in total. The summed E-state index contributed by atoms with van der Waals surface area (Å²) in [6.45, 7) is 8.04. The van der Waals surface area contributed by atoms with Gasteiger partial charge >= 0.3 is 7.12 Å². The van der Waals surface area contributed by atoms with Crippen LogP contribution in [0.25, 0.3) is 17.0 Å². The number of hydrogen-bond acceptors (Lipinski definition) is 5. The van der Waals surface area contributed by atoms with E-state index >= 15 is 4.39 Å². The smallest absolute Gasteiger partial charge is 0.403 e. The lowest BCUT2D eigenvalue weighted by atomic mass is 9.67. The van der Waals surface area contributed by atoms with Crippen molar-refractivity contribution in [3.63, 3.8) is 0 Å². The Hall–Kier alpha value is -3.26. The average molecular weight is 453 g/mol. The largest absolute Gasteiger partial charge is 0.465 e. The second-order valence-electron chi connectivity index (χ2n) is 9.71. The first-order valence-electron chi connectivity index (χ1n) is 11.5. The van der Waals surface area contributed by atoms with Gasteiger partial charge in [0, 0.05) is 23.4 Å². The van der Waals surface area contributed by atoms with Crippen LogP contribution in [0.3, 0.4) is 0 Å². The van der Waals surface area contributed by atoms with Crippen LogP contribution in [0.5, 0.6) is 0 Å². The summed E-state index contributed by atoms with van der Waals surface area (Å²) in [5, 5.41) is 0. The van der Waals surface area contributed by atoms with Crippen LogP contribution in [0.15, 0.2) is 48.3 Å².